The monoisotopic (exact) mass is 271 g/mol. The van der Waals surface area contributed by atoms with E-state index in [-0.39, 0.29) is 5.91 Å². The molecule has 1 atom stereocenters. The normalized spacial score (nSPS) is 18.1. The smallest absolute Gasteiger partial charge is 0.405 e. The molecule has 0 radical (unpaired) electrons. The molecule has 1 heterocycles. The van der Waals surface area contributed by atoms with Crippen molar-refractivity contribution in [2.24, 2.45) is 0 Å². The fraction of sp³-hybridized carbons (Fsp3) is 0.846. The van der Waals surface area contributed by atoms with E-state index >= 15 is 0 Å². The lowest BCUT2D eigenvalue weighted by Gasteiger charge is -2.35. The first-order valence-corrected chi connectivity index (χ1v) is 7.05. The summed E-state index contributed by atoms with van der Waals surface area (Å²) in [6, 6.07) is -0.663. The van der Waals surface area contributed by atoms with Gasteiger partial charge in [-0.2, -0.15) is 0 Å². The minimum atomic E-state index is -1.15. The van der Waals surface area contributed by atoms with Gasteiger partial charge in [-0.15, -0.1) is 0 Å². The molecule has 0 aromatic rings. The average molecular weight is 271 g/mol. The summed E-state index contributed by atoms with van der Waals surface area (Å²) in [7, 11) is 0. The van der Waals surface area contributed by atoms with E-state index in [1.807, 2.05) is 0 Å². The first-order valence-electron chi connectivity index (χ1n) is 7.05. The van der Waals surface area contributed by atoms with Crippen molar-refractivity contribution >= 4 is 12.0 Å². The highest BCUT2D eigenvalue weighted by Crippen LogP contribution is 2.06. The molecule has 6 heteroatoms. The Labute approximate surface area is 114 Å². The molecule has 1 saturated heterocycles. The van der Waals surface area contributed by atoms with Gasteiger partial charge in [0.1, 0.15) is 6.04 Å². The lowest BCUT2D eigenvalue weighted by atomic mass is 10.2. The number of hydrogen-bond acceptors (Lipinski definition) is 3. The number of carbonyl (C=O) groups excluding carboxylic acids is 1. The minimum absolute atomic E-state index is 0.129. The van der Waals surface area contributed by atoms with E-state index in [4.69, 9.17) is 5.11 Å². The van der Waals surface area contributed by atoms with Gasteiger partial charge < -0.3 is 15.3 Å². The van der Waals surface area contributed by atoms with Gasteiger partial charge in [-0.25, -0.2) is 4.79 Å². The maximum Gasteiger partial charge on any atom is 0.405 e. The van der Waals surface area contributed by atoms with Crippen molar-refractivity contribution in [3.05, 3.63) is 0 Å². The van der Waals surface area contributed by atoms with Crippen LogP contribution in [0, 0.1) is 0 Å². The second-order valence-corrected chi connectivity index (χ2v) is 5.05. The van der Waals surface area contributed by atoms with Crippen LogP contribution in [-0.4, -0.2) is 65.7 Å². The van der Waals surface area contributed by atoms with E-state index in [1.54, 1.807) is 11.8 Å². The number of rotatable bonds is 6. The molecule has 0 aliphatic carbocycles. The minimum Gasteiger partial charge on any atom is -0.465 e. The number of piperazine rings is 1. The highest BCUT2D eigenvalue weighted by atomic mass is 16.4. The molecule has 6 nitrogen and oxygen atoms in total. The third-order valence-corrected chi connectivity index (χ3v) is 3.47. The summed E-state index contributed by atoms with van der Waals surface area (Å²) >= 11 is 0. The van der Waals surface area contributed by atoms with Crippen LogP contribution in [0.2, 0.25) is 0 Å². The van der Waals surface area contributed by atoms with Gasteiger partial charge in [0, 0.05) is 26.2 Å². The molecule has 0 spiro atoms. The molecule has 1 unspecified atom stereocenters. The molecule has 2 amide bonds. The van der Waals surface area contributed by atoms with Gasteiger partial charge in [0.15, 0.2) is 0 Å². The molecular weight excluding hydrogens is 246 g/mol. The zero-order valence-electron chi connectivity index (χ0n) is 11.9. The predicted octanol–water partition coefficient (Wildman–Crippen LogP) is 0.977. The lowest BCUT2D eigenvalue weighted by Crippen LogP contribution is -2.54. The van der Waals surface area contributed by atoms with Crippen LogP contribution in [0.15, 0.2) is 0 Å². The highest BCUT2D eigenvalue weighted by Gasteiger charge is 2.25. The molecular formula is C13H25N3O3. The van der Waals surface area contributed by atoms with Crippen LogP contribution in [0.4, 0.5) is 4.79 Å². The van der Waals surface area contributed by atoms with Crippen molar-refractivity contribution in [1.29, 1.82) is 0 Å². The molecule has 0 aromatic carbocycles. The third kappa shape index (κ3) is 5.46. The molecule has 0 bridgehead atoms. The maximum atomic E-state index is 12.0. The maximum absolute atomic E-state index is 12.0. The van der Waals surface area contributed by atoms with E-state index in [2.05, 4.69) is 17.1 Å². The van der Waals surface area contributed by atoms with Gasteiger partial charge >= 0.3 is 6.09 Å². The lowest BCUT2D eigenvalue weighted by molar-refractivity contribution is -0.134. The van der Waals surface area contributed by atoms with Crippen LogP contribution >= 0.6 is 0 Å². The summed E-state index contributed by atoms with van der Waals surface area (Å²) in [4.78, 5) is 26.6. The van der Waals surface area contributed by atoms with Crippen LogP contribution in [-0.2, 0) is 4.79 Å². The molecule has 1 rings (SSSR count). The van der Waals surface area contributed by atoms with Gasteiger partial charge in [-0.05, 0) is 19.9 Å². The Bertz CT molecular complexity index is 302. The van der Waals surface area contributed by atoms with Crippen LogP contribution < -0.4 is 5.32 Å². The number of amides is 2. The van der Waals surface area contributed by atoms with Crippen molar-refractivity contribution in [2.45, 2.75) is 39.2 Å². The van der Waals surface area contributed by atoms with Crippen molar-refractivity contribution in [3.8, 4) is 0 Å². The summed E-state index contributed by atoms with van der Waals surface area (Å²) < 4.78 is 0. The largest absolute Gasteiger partial charge is 0.465 e. The fourth-order valence-electron chi connectivity index (χ4n) is 2.30. The van der Waals surface area contributed by atoms with Gasteiger partial charge in [0.2, 0.25) is 5.91 Å². The summed E-state index contributed by atoms with van der Waals surface area (Å²) in [5.74, 6) is -0.129. The standard InChI is InChI=1S/C13H25N3O3/c1-3-4-5-6-15-7-9-16(10-8-15)12(17)11(2)14-13(18)19/h11,14H,3-10H2,1-2H3,(H,18,19). The molecule has 1 aliphatic heterocycles. The Hall–Kier alpha value is -1.30. The summed E-state index contributed by atoms with van der Waals surface area (Å²) in [5, 5.41) is 10.8. The predicted molar refractivity (Wildman–Crippen MR) is 73.2 cm³/mol. The Morgan fingerprint density at radius 1 is 1.21 bits per heavy atom. The summed E-state index contributed by atoms with van der Waals surface area (Å²) in [6.45, 7) is 8.02. The van der Waals surface area contributed by atoms with E-state index < -0.39 is 12.1 Å². The second-order valence-electron chi connectivity index (χ2n) is 5.05. The van der Waals surface area contributed by atoms with Crippen LogP contribution in [0.5, 0.6) is 0 Å². The first-order chi connectivity index (χ1) is 9.04. The number of unbranched alkanes of at least 4 members (excludes halogenated alkanes) is 2. The van der Waals surface area contributed by atoms with E-state index in [1.165, 1.54) is 19.3 Å². The van der Waals surface area contributed by atoms with Crippen LogP contribution in [0.25, 0.3) is 0 Å². The molecule has 1 aliphatic rings. The number of hydrogen-bond donors (Lipinski definition) is 2. The quantitative estimate of drug-likeness (QED) is 0.706. The van der Waals surface area contributed by atoms with E-state index in [0.717, 1.165) is 19.6 Å². The zero-order valence-corrected chi connectivity index (χ0v) is 11.9. The molecule has 110 valence electrons. The number of nitrogens with one attached hydrogen (secondary N) is 1. The molecule has 0 aromatic heterocycles. The third-order valence-electron chi connectivity index (χ3n) is 3.47. The van der Waals surface area contributed by atoms with E-state index in [0.29, 0.717) is 13.1 Å². The number of carboxylic acid groups (broad SMARTS) is 1. The van der Waals surface area contributed by atoms with Crippen LogP contribution in [0.3, 0.4) is 0 Å². The van der Waals surface area contributed by atoms with Gasteiger partial charge in [0.25, 0.3) is 0 Å². The Kier molecular flexibility index (Phi) is 6.62. The number of nitrogens with zero attached hydrogens (tertiary/aromatic N) is 2. The number of carbonyl (C=O) groups is 2. The van der Waals surface area contributed by atoms with E-state index in [9.17, 15) is 9.59 Å². The molecule has 2 N–H and O–H groups in total. The van der Waals surface area contributed by atoms with Crippen molar-refractivity contribution < 1.29 is 14.7 Å². The Balaban J connectivity index is 2.28. The van der Waals surface area contributed by atoms with Crippen LogP contribution in [0.1, 0.15) is 33.1 Å². The highest BCUT2D eigenvalue weighted by molar-refractivity contribution is 5.84. The Morgan fingerprint density at radius 3 is 2.37 bits per heavy atom. The summed E-state index contributed by atoms with van der Waals surface area (Å²) in [5.41, 5.74) is 0. The molecule has 1 fully saturated rings. The fourth-order valence-corrected chi connectivity index (χ4v) is 2.30. The Morgan fingerprint density at radius 2 is 1.84 bits per heavy atom. The summed E-state index contributed by atoms with van der Waals surface area (Å²) in [6.07, 6.45) is 2.52. The topological polar surface area (TPSA) is 72.9 Å². The SMILES string of the molecule is CCCCCN1CCN(C(=O)C(C)NC(=O)O)CC1. The van der Waals surface area contributed by atoms with Gasteiger partial charge in [-0.3, -0.25) is 9.69 Å². The second kappa shape index (κ2) is 7.99. The van der Waals surface area contributed by atoms with Crippen molar-refractivity contribution in [2.75, 3.05) is 32.7 Å². The molecule has 19 heavy (non-hydrogen) atoms. The first kappa shape index (κ1) is 15.8. The van der Waals surface area contributed by atoms with Gasteiger partial charge in [0.05, 0.1) is 0 Å². The van der Waals surface area contributed by atoms with Crippen molar-refractivity contribution in [3.63, 3.8) is 0 Å². The van der Waals surface area contributed by atoms with Gasteiger partial charge in [-0.1, -0.05) is 19.8 Å². The zero-order chi connectivity index (χ0) is 14.3. The molecule has 0 saturated carbocycles. The van der Waals surface area contributed by atoms with Crippen molar-refractivity contribution in [1.82, 2.24) is 15.1 Å². The average Bonchev–Trinajstić information content (AvgIpc) is 2.38.